The van der Waals surface area contributed by atoms with Gasteiger partial charge in [0, 0.05) is 10.4 Å². The van der Waals surface area contributed by atoms with Crippen molar-refractivity contribution in [2.75, 3.05) is 0 Å². The van der Waals surface area contributed by atoms with E-state index in [2.05, 4.69) is 13.0 Å². The average molecular weight is 216 g/mol. The van der Waals surface area contributed by atoms with E-state index in [0.29, 0.717) is 0 Å². The Morgan fingerprint density at radius 2 is 2.31 bits per heavy atom. The van der Waals surface area contributed by atoms with Crippen LogP contribution >= 0.6 is 22.9 Å². The molecule has 0 spiro atoms. The van der Waals surface area contributed by atoms with Crippen molar-refractivity contribution in [3.05, 3.63) is 21.3 Å². The topological polar surface area (TPSA) is 26.0 Å². The molecule has 0 bridgehead atoms. The molecule has 1 unspecified atom stereocenters. The van der Waals surface area contributed by atoms with Crippen molar-refractivity contribution in [3.8, 4) is 0 Å². The summed E-state index contributed by atoms with van der Waals surface area (Å²) >= 11 is 7.51. The summed E-state index contributed by atoms with van der Waals surface area (Å²) in [6.45, 7) is 2.15. The Kier molecular flexibility index (Phi) is 2.39. The lowest BCUT2D eigenvalue weighted by Crippen LogP contribution is -2.40. The molecular formula is C10H14ClNS. The maximum Gasteiger partial charge on any atom is 0.0931 e. The Morgan fingerprint density at radius 3 is 2.77 bits per heavy atom. The Labute approximate surface area is 87.9 Å². The van der Waals surface area contributed by atoms with Crippen LogP contribution in [-0.4, -0.2) is 5.54 Å². The van der Waals surface area contributed by atoms with Crippen molar-refractivity contribution >= 4 is 22.9 Å². The van der Waals surface area contributed by atoms with Crippen LogP contribution in [0.15, 0.2) is 12.1 Å². The van der Waals surface area contributed by atoms with Gasteiger partial charge in [0.15, 0.2) is 0 Å². The van der Waals surface area contributed by atoms with Gasteiger partial charge < -0.3 is 5.73 Å². The fourth-order valence-electron chi connectivity index (χ4n) is 1.71. The predicted octanol–water partition coefficient (Wildman–Crippen LogP) is 3.07. The first-order chi connectivity index (χ1) is 6.08. The van der Waals surface area contributed by atoms with E-state index in [4.69, 9.17) is 17.3 Å². The van der Waals surface area contributed by atoms with Crippen LogP contribution in [-0.2, 0) is 6.42 Å². The first kappa shape index (κ1) is 9.50. The molecular weight excluding hydrogens is 202 g/mol. The molecule has 1 fully saturated rings. The fourth-order valence-corrected chi connectivity index (χ4v) is 2.98. The molecule has 0 aromatic carbocycles. The molecule has 72 valence electrons. The fraction of sp³-hybridized carbons (Fsp3) is 0.600. The molecule has 1 aliphatic carbocycles. The van der Waals surface area contributed by atoms with Gasteiger partial charge in [0.2, 0.25) is 0 Å². The van der Waals surface area contributed by atoms with Gasteiger partial charge in [-0.2, -0.15) is 0 Å². The van der Waals surface area contributed by atoms with Gasteiger partial charge in [-0.15, -0.1) is 11.3 Å². The van der Waals surface area contributed by atoms with Crippen molar-refractivity contribution in [2.24, 2.45) is 11.7 Å². The standard InChI is InChI=1S/C10H14ClNS/c1-10(12,7-2-3-7)6-8-4-5-9(11)13-8/h4-5,7H,2-3,6,12H2,1H3. The molecule has 1 heterocycles. The smallest absolute Gasteiger partial charge is 0.0931 e. The molecule has 1 aliphatic rings. The van der Waals surface area contributed by atoms with Crippen LogP contribution < -0.4 is 5.73 Å². The number of thiophene rings is 1. The molecule has 0 aliphatic heterocycles. The minimum absolute atomic E-state index is 0.0197. The summed E-state index contributed by atoms with van der Waals surface area (Å²) in [6, 6.07) is 4.03. The van der Waals surface area contributed by atoms with Gasteiger partial charge in [-0.3, -0.25) is 0 Å². The minimum Gasteiger partial charge on any atom is -0.325 e. The molecule has 2 rings (SSSR count). The van der Waals surface area contributed by atoms with E-state index < -0.39 is 0 Å². The van der Waals surface area contributed by atoms with Crippen LogP contribution in [0, 0.1) is 5.92 Å². The largest absolute Gasteiger partial charge is 0.325 e. The Bertz CT molecular complexity index is 302. The summed E-state index contributed by atoms with van der Waals surface area (Å²) in [6.07, 6.45) is 3.56. The molecule has 13 heavy (non-hydrogen) atoms. The van der Waals surface area contributed by atoms with E-state index in [-0.39, 0.29) is 5.54 Å². The van der Waals surface area contributed by atoms with E-state index in [1.54, 1.807) is 11.3 Å². The van der Waals surface area contributed by atoms with E-state index >= 15 is 0 Å². The van der Waals surface area contributed by atoms with Gasteiger partial charge in [0.1, 0.15) is 0 Å². The maximum absolute atomic E-state index is 6.23. The second kappa shape index (κ2) is 3.26. The molecule has 3 heteroatoms. The summed E-state index contributed by atoms with van der Waals surface area (Å²) in [7, 11) is 0. The van der Waals surface area contributed by atoms with Crippen LogP contribution in [0.1, 0.15) is 24.6 Å². The van der Waals surface area contributed by atoms with Gasteiger partial charge >= 0.3 is 0 Å². The molecule has 1 aromatic heterocycles. The van der Waals surface area contributed by atoms with Crippen LogP contribution in [0.3, 0.4) is 0 Å². The maximum atomic E-state index is 6.23. The molecule has 0 radical (unpaired) electrons. The first-order valence-corrected chi connectivity index (χ1v) is 5.80. The number of halogens is 1. The molecule has 0 saturated heterocycles. The van der Waals surface area contributed by atoms with Crippen molar-refractivity contribution in [3.63, 3.8) is 0 Å². The second-order valence-corrected chi connectivity index (χ2v) is 5.96. The highest BCUT2D eigenvalue weighted by Crippen LogP contribution is 2.40. The Balaban J connectivity index is 2.04. The van der Waals surface area contributed by atoms with Crippen molar-refractivity contribution in [1.29, 1.82) is 0 Å². The van der Waals surface area contributed by atoms with Crippen molar-refractivity contribution in [1.82, 2.24) is 0 Å². The third-order valence-corrected chi connectivity index (χ3v) is 3.93. The molecule has 1 aromatic rings. The lowest BCUT2D eigenvalue weighted by Gasteiger charge is -2.23. The van der Waals surface area contributed by atoms with E-state index in [1.807, 2.05) is 6.07 Å². The monoisotopic (exact) mass is 215 g/mol. The SMILES string of the molecule is CC(N)(Cc1ccc(Cl)s1)C1CC1. The minimum atomic E-state index is -0.0197. The summed E-state index contributed by atoms with van der Waals surface area (Å²) < 4.78 is 0.863. The second-order valence-electron chi connectivity index (χ2n) is 4.16. The lowest BCUT2D eigenvalue weighted by molar-refractivity contribution is 0.409. The van der Waals surface area contributed by atoms with Gasteiger partial charge in [0.05, 0.1) is 4.34 Å². The van der Waals surface area contributed by atoms with Gasteiger partial charge in [0.25, 0.3) is 0 Å². The van der Waals surface area contributed by atoms with E-state index in [0.717, 1.165) is 16.7 Å². The van der Waals surface area contributed by atoms with Gasteiger partial charge in [-0.25, -0.2) is 0 Å². The quantitative estimate of drug-likeness (QED) is 0.824. The highest BCUT2D eigenvalue weighted by atomic mass is 35.5. The zero-order chi connectivity index (χ0) is 9.47. The number of nitrogens with two attached hydrogens (primary N) is 1. The molecule has 1 nitrogen and oxygen atoms in total. The summed E-state index contributed by atoms with van der Waals surface area (Å²) in [5.41, 5.74) is 6.21. The molecule has 2 N–H and O–H groups in total. The third-order valence-electron chi connectivity index (χ3n) is 2.69. The molecule has 1 saturated carbocycles. The Morgan fingerprint density at radius 1 is 1.62 bits per heavy atom. The lowest BCUT2D eigenvalue weighted by atomic mass is 9.92. The number of rotatable bonds is 3. The highest BCUT2D eigenvalue weighted by Gasteiger charge is 2.38. The highest BCUT2D eigenvalue weighted by molar-refractivity contribution is 7.16. The summed E-state index contributed by atoms with van der Waals surface area (Å²) in [5, 5.41) is 0. The van der Waals surface area contributed by atoms with Crippen LogP contribution in [0.5, 0.6) is 0 Å². The van der Waals surface area contributed by atoms with Gasteiger partial charge in [-0.05, 0) is 44.2 Å². The van der Waals surface area contributed by atoms with Crippen LogP contribution in [0.25, 0.3) is 0 Å². The average Bonchev–Trinajstić information content (AvgIpc) is 2.78. The van der Waals surface area contributed by atoms with Crippen LogP contribution in [0.2, 0.25) is 4.34 Å². The molecule has 0 amide bonds. The normalized spacial score (nSPS) is 21.5. The summed E-state index contributed by atoms with van der Waals surface area (Å²) in [5.74, 6) is 0.730. The van der Waals surface area contributed by atoms with Crippen LogP contribution in [0.4, 0.5) is 0 Å². The van der Waals surface area contributed by atoms with E-state index in [9.17, 15) is 0 Å². The van der Waals surface area contributed by atoms with Gasteiger partial charge in [-0.1, -0.05) is 11.6 Å². The van der Waals surface area contributed by atoms with Crippen molar-refractivity contribution < 1.29 is 0 Å². The number of hydrogen-bond donors (Lipinski definition) is 1. The van der Waals surface area contributed by atoms with E-state index in [1.165, 1.54) is 17.7 Å². The predicted molar refractivity (Wildman–Crippen MR) is 58.3 cm³/mol. The zero-order valence-corrected chi connectivity index (χ0v) is 9.29. The third kappa shape index (κ3) is 2.25. The zero-order valence-electron chi connectivity index (χ0n) is 7.72. The van der Waals surface area contributed by atoms with Crippen molar-refractivity contribution in [2.45, 2.75) is 31.7 Å². The Hall–Kier alpha value is -0.0500. The summed E-state index contributed by atoms with van der Waals surface area (Å²) in [4.78, 5) is 1.31. The molecule has 1 atom stereocenters. The number of hydrogen-bond acceptors (Lipinski definition) is 2. The first-order valence-electron chi connectivity index (χ1n) is 4.61.